The van der Waals surface area contributed by atoms with Gasteiger partial charge in [-0.1, -0.05) is 6.92 Å². The Balaban J connectivity index is 1.59. The maximum absolute atomic E-state index is 11.5. The average Bonchev–Trinajstić information content (AvgIpc) is 3.04. The van der Waals surface area contributed by atoms with Crippen molar-refractivity contribution in [2.24, 2.45) is 5.92 Å². The van der Waals surface area contributed by atoms with Gasteiger partial charge in [0, 0.05) is 24.0 Å². The predicted octanol–water partition coefficient (Wildman–Crippen LogP) is 3.38. The molecule has 0 unspecified atom stereocenters. The molecule has 2 aliphatic heterocycles. The zero-order valence-electron chi connectivity index (χ0n) is 13.0. The van der Waals surface area contributed by atoms with Gasteiger partial charge in [0.05, 0.1) is 11.4 Å². The van der Waals surface area contributed by atoms with Crippen LogP contribution in [0.5, 0.6) is 5.75 Å². The number of aromatic nitrogens is 1. The van der Waals surface area contributed by atoms with Crippen LogP contribution in [0.3, 0.4) is 0 Å². The number of hydrogen-bond acceptors (Lipinski definition) is 5. The second kappa shape index (κ2) is 5.85. The van der Waals surface area contributed by atoms with Gasteiger partial charge in [0.2, 0.25) is 0 Å². The third-order valence-electron chi connectivity index (χ3n) is 4.33. The summed E-state index contributed by atoms with van der Waals surface area (Å²) in [6.45, 7) is 4.56. The number of amides is 1. The van der Waals surface area contributed by atoms with Gasteiger partial charge in [-0.3, -0.25) is 4.79 Å². The zero-order chi connectivity index (χ0) is 15.8. The molecule has 2 aliphatic rings. The number of thiazole rings is 1. The minimum Gasteiger partial charge on any atom is -0.482 e. The first kappa shape index (κ1) is 14.5. The van der Waals surface area contributed by atoms with Crippen LogP contribution >= 0.6 is 11.3 Å². The number of fused-ring (bicyclic) bond motifs is 1. The van der Waals surface area contributed by atoms with Crippen LogP contribution in [-0.4, -0.2) is 30.6 Å². The highest BCUT2D eigenvalue weighted by atomic mass is 32.1. The quantitative estimate of drug-likeness (QED) is 0.918. The van der Waals surface area contributed by atoms with E-state index in [0.29, 0.717) is 5.75 Å². The molecule has 0 bridgehead atoms. The lowest BCUT2D eigenvalue weighted by Gasteiger charge is -2.30. The van der Waals surface area contributed by atoms with Gasteiger partial charge < -0.3 is 15.0 Å². The van der Waals surface area contributed by atoms with Crippen LogP contribution in [0.2, 0.25) is 0 Å². The summed E-state index contributed by atoms with van der Waals surface area (Å²) in [5.74, 6) is 1.33. The van der Waals surface area contributed by atoms with Crippen molar-refractivity contribution in [2.75, 3.05) is 29.9 Å². The van der Waals surface area contributed by atoms with Gasteiger partial charge >= 0.3 is 0 Å². The van der Waals surface area contributed by atoms with Gasteiger partial charge in [-0.2, -0.15) is 0 Å². The summed E-state index contributed by atoms with van der Waals surface area (Å²) < 4.78 is 5.40. The number of carbonyl (C=O) groups excluding carboxylic acids is 1. The molecule has 3 heterocycles. The number of anilines is 2. The highest BCUT2D eigenvalue weighted by Crippen LogP contribution is 2.35. The molecule has 1 atom stereocenters. The van der Waals surface area contributed by atoms with Crippen molar-refractivity contribution >= 4 is 28.1 Å². The number of rotatable bonds is 2. The Labute approximate surface area is 139 Å². The molecule has 1 fully saturated rings. The van der Waals surface area contributed by atoms with Crippen LogP contribution in [0, 0.1) is 5.92 Å². The number of nitrogens with one attached hydrogen (secondary N) is 1. The molecule has 1 saturated heterocycles. The minimum absolute atomic E-state index is 0.0837. The van der Waals surface area contributed by atoms with E-state index in [9.17, 15) is 4.79 Å². The number of nitrogens with zero attached hydrogens (tertiary/aromatic N) is 2. The van der Waals surface area contributed by atoms with E-state index in [0.717, 1.165) is 41.1 Å². The number of hydrogen-bond donors (Lipinski definition) is 1. The lowest BCUT2D eigenvalue weighted by molar-refractivity contribution is -0.118. The fourth-order valence-corrected chi connectivity index (χ4v) is 4.02. The SMILES string of the molecule is C[C@H]1CCCN(c2nc(-c3ccc4c(c3)NC(=O)CO4)cs2)C1. The van der Waals surface area contributed by atoms with Crippen LogP contribution in [0.1, 0.15) is 19.8 Å². The topological polar surface area (TPSA) is 54.5 Å². The van der Waals surface area contributed by atoms with Crippen molar-refractivity contribution in [3.05, 3.63) is 23.6 Å². The Kier molecular flexibility index (Phi) is 3.69. The monoisotopic (exact) mass is 329 g/mol. The fourth-order valence-electron chi connectivity index (χ4n) is 3.15. The Morgan fingerprint density at radius 3 is 3.22 bits per heavy atom. The summed E-state index contributed by atoms with van der Waals surface area (Å²) in [6, 6.07) is 5.82. The molecule has 0 saturated carbocycles. The second-order valence-electron chi connectivity index (χ2n) is 6.26. The summed E-state index contributed by atoms with van der Waals surface area (Å²) >= 11 is 1.69. The fraction of sp³-hybridized carbons (Fsp3) is 0.412. The lowest BCUT2D eigenvalue weighted by Crippen LogP contribution is -2.34. The predicted molar refractivity (Wildman–Crippen MR) is 92.3 cm³/mol. The number of benzene rings is 1. The molecule has 6 heteroatoms. The Morgan fingerprint density at radius 2 is 2.35 bits per heavy atom. The van der Waals surface area contributed by atoms with Gasteiger partial charge in [-0.25, -0.2) is 4.98 Å². The molecule has 5 nitrogen and oxygen atoms in total. The standard InChI is InChI=1S/C17H19N3O2S/c1-11-3-2-6-20(8-11)17-19-14(10-23-17)12-4-5-15-13(7-12)18-16(21)9-22-15/h4-5,7,10-11H,2-3,6,8-9H2,1H3,(H,18,21)/t11-/m0/s1. The Morgan fingerprint density at radius 1 is 1.43 bits per heavy atom. The Hall–Kier alpha value is -2.08. The van der Waals surface area contributed by atoms with Crippen LogP contribution in [0.4, 0.5) is 10.8 Å². The van der Waals surface area contributed by atoms with E-state index in [4.69, 9.17) is 9.72 Å². The highest BCUT2D eigenvalue weighted by Gasteiger charge is 2.20. The number of carbonyl (C=O) groups is 1. The number of piperidine rings is 1. The van der Waals surface area contributed by atoms with Crippen LogP contribution < -0.4 is 15.0 Å². The third-order valence-corrected chi connectivity index (χ3v) is 5.23. The lowest BCUT2D eigenvalue weighted by atomic mass is 10.0. The molecule has 1 amide bonds. The molecule has 0 radical (unpaired) electrons. The van der Waals surface area contributed by atoms with Crippen LogP contribution in [0.15, 0.2) is 23.6 Å². The Bertz CT molecular complexity index is 743. The van der Waals surface area contributed by atoms with Crippen LogP contribution in [-0.2, 0) is 4.79 Å². The van der Waals surface area contributed by atoms with E-state index in [-0.39, 0.29) is 12.5 Å². The summed E-state index contributed by atoms with van der Waals surface area (Å²) in [7, 11) is 0. The van der Waals surface area contributed by atoms with Crippen molar-refractivity contribution < 1.29 is 9.53 Å². The highest BCUT2D eigenvalue weighted by molar-refractivity contribution is 7.14. The molecule has 23 heavy (non-hydrogen) atoms. The number of ether oxygens (including phenoxy) is 1. The summed E-state index contributed by atoms with van der Waals surface area (Å²) in [5.41, 5.74) is 2.67. The average molecular weight is 329 g/mol. The first-order chi connectivity index (χ1) is 11.2. The minimum atomic E-state index is -0.115. The normalized spacial score (nSPS) is 20.7. The van der Waals surface area contributed by atoms with Crippen molar-refractivity contribution in [1.82, 2.24) is 4.98 Å². The molecule has 120 valence electrons. The third kappa shape index (κ3) is 2.91. The molecule has 1 aromatic carbocycles. The summed E-state index contributed by atoms with van der Waals surface area (Å²) in [6.07, 6.45) is 2.54. The maximum Gasteiger partial charge on any atom is 0.262 e. The van der Waals surface area contributed by atoms with E-state index in [1.54, 1.807) is 11.3 Å². The first-order valence-electron chi connectivity index (χ1n) is 7.96. The van der Waals surface area contributed by atoms with Gasteiger partial charge in [-0.15, -0.1) is 11.3 Å². The van der Waals surface area contributed by atoms with Gasteiger partial charge in [0.1, 0.15) is 5.75 Å². The van der Waals surface area contributed by atoms with E-state index in [2.05, 4.69) is 22.5 Å². The molecule has 1 aromatic heterocycles. The summed E-state index contributed by atoms with van der Waals surface area (Å²) in [4.78, 5) is 18.6. The summed E-state index contributed by atoms with van der Waals surface area (Å²) in [5, 5.41) is 6.02. The van der Waals surface area contributed by atoms with Gasteiger partial charge in [0.15, 0.2) is 11.7 Å². The van der Waals surface area contributed by atoms with E-state index < -0.39 is 0 Å². The van der Waals surface area contributed by atoms with Crippen LogP contribution in [0.25, 0.3) is 11.3 Å². The molecule has 4 rings (SSSR count). The molecular formula is C17H19N3O2S. The van der Waals surface area contributed by atoms with Crippen molar-refractivity contribution in [2.45, 2.75) is 19.8 Å². The first-order valence-corrected chi connectivity index (χ1v) is 8.84. The van der Waals surface area contributed by atoms with E-state index >= 15 is 0 Å². The maximum atomic E-state index is 11.5. The van der Waals surface area contributed by atoms with E-state index in [1.165, 1.54) is 12.8 Å². The van der Waals surface area contributed by atoms with Gasteiger partial charge in [-0.05, 0) is 37.0 Å². The smallest absolute Gasteiger partial charge is 0.262 e. The molecule has 1 N–H and O–H groups in total. The molecule has 0 aliphatic carbocycles. The molecule has 2 aromatic rings. The molecular weight excluding hydrogens is 310 g/mol. The largest absolute Gasteiger partial charge is 0.482 e. The van der Waals surface area contributed by atoms with Crippen molar-refractivity contribution in [1.29, 1.82) is 0 Å². The molecule has 0 spiro atoms. The van der Waals surface area contributed by atoms with E-state index in [1.807, 2.05) is 18.2 Å². The second-order valence-corrected chi connectivity index (χ2v) is 7.09. The zero-order valence-corrected chi connectivity index (χ0v) is 13.9. The van der Waals surface area contributed by atoms with Crippen molar-refractivity contribution in [3.8, 4) is 17.0 Å². The van der Waals surface area contributed by atoms with Crippen molar-refractivity contribution in [3.63, 3.8) is 0 Å². The van der Waals surface area contributed by atoms with Gasteiger partial charge in [0.25, 0.3) is 5.91 Å².